The third-order valence-electron chi connectivity index (χ3n) is 2.95. The number of rotatable bonds is 7. The van der Waals surface area contributed by atoms with Gasteiger partial charge in [0.2, 0.25) is 0 Å². The van der Waals surface area contributed by atoms with Gasteiger partial charge in [-0.1, -0.05) is 43.1 Å². The van der Waals surface area contributed by atoms with Gasteiger partial charge in [0.1, 0.15) is 0 Å². The molecule has 1 atom stereocenters. The second-order valence-electron chi connectivity index (χ2n) is 5.01. The fraction of sp³-hybridized carbons (Fsp3) is 1.00. The summed E-state index contributed by atoms with van der Waals surface area (Å²) in [6, 6.07) is 0.922. The van der Waals surface area contributed by atoms with Gasteiger partial charge in [0.05, 0.1) is 0 Å². The van der Waals surface area contributed by atoms with Gasteiger partial charge in [-0.15, -0.1) is 0 Å². The van der Waals surface area contributed by atoms with E-state index in [1.54, 1.807) is 0 Å². The van der Waals surface area contributed by atoms with Crippen LogP contribution in [0.2, 0.25) is 0 Å². The van der Waals surface area contributed by atoms with E-state index in [1.807, 2.05) is 0 Å². The summed E-state index contributed by atoms with van der Waals surface area (Å²) in [4.78, 5) is 2.71. The molecule has 0 spiro atoms. The van der Waals surface area contributed by atoms with Gasteiger partial charge >= 0.3 is 0 Å². The molecule has 84 valence electrons. The molecule has 0 N–H and O–H groups in total. The molecule has 2 heteroatoms. The van der Waals surface area contributed by atoms with E-state index in [2.05, 4.69) is 41.6 Å². The molecule has 0 radical (unpaired) electrons. The van der Waals surface area contributed by atoms with Crippen molar-refractivity contribution in [2.45, 2.75) is 46.1 Å². The van der Waals surface area contributed by atoms with Crippen LogP contribution < -0.4 is 0 Å². The number of halogens is 1. The molecule has 0 aromatic heterocycles. The van der Waals surface area contributed by atoms with Crippen molar-refractivity contribution in [3.63, 3.8) is 0 Å². The summed E-state index contributed by atoms with van der Waals surface area (Å²) in [5, 5.41) is 1.16. The van der Waals surface area contributed by atoms with Crippen molar-refractivity contribution < 1.29 is 0 Å². The fourth-order valence-electron chi connectivity index (χ4n) is 1.90. The van der Waals surface area contributed by atoms with E-state index >= 15 is 0 Å². The van der Waals surface area contributed by atoms with E-state index in [0.29, 0.717) is 0 Å². The number of nitrogens with zero attached hydrogens (tertiary/aromatic N) is 1. The maximum absolute atomic E-state index is 3.61. The first kappa shape index (κ1) is 12.5. The summed E-state index contributed by atoms with van der Waals surface area (Å²) in [7, 11) is 0. The Kier molecular flexibility index (Phi) is 5.47. The Morgan fingerprint density at radius 2 is 1.93 bits per heavy atom. The zero-order chi connectivity index (χ0) is 10.6. The van der Waals surface area contributed by atoms with Gasteiger partial charge in [0, 0.05) is 24.5 Å². The van der Waals surface area contributed by atoms with Gasteiger partial charge in [-0.05, 0) is 24.7 Å². The molecule has 1 fully saturated rings. The largest absolute Gasteiger partial charge is 0.300 e. The molecule has 1 rings (SSSR count). The molecule has 1 saturated carbocycles. The minimum absolute atomic E-state index is 0.809. The maximum Gasteiger partial charge on any atom is 0.00966 e. The first-order valence-corrected chi connectivity index (χ1v) is 7.09. The van der Waals surface area contributed by atoms with Crippen molar-refractivity contribution in [2.75, 3.05) is 18.4 Å². The molecule has 0 bridgehead atoms. The Hall–Kier alpha value is 0.440. The average molecular weight is 262 g/mol. The number of hydrogen-bond donors (Lipinski definition) is 0. The third kappa shape index (κ3) is 4.31. The Morgan fingerprint density at radius 3 is 2.29 bits per heavy atom. The van der Waals surface area contributed by atoms with E-state index in [1.165, 1.54) is 32.4 Å². The highest BCUT2D eigenvalue weighted by Crippen LogP contribution is 2.28. The van der Waals surface area contributed by atoms with Crippen LogP contribution in [0.15, 0.2) is 0 Å². The van der Waals surface area contributed by atoms with Crippen molar-refractivity contribution in [3.8, 4) is 0 Å². The van der Waals surface area contributed by atoms with Gasteiger partial charge in [0.15, 0.2) is 0 Å². The Balaban J connectivity index is 2.33. The fourth-order valence-corrected chi connectivity index (χ4v) is 2.56. The van der Waals surface area contributed by atoms with E-state index < -0.39 is 0 Å². The van der Waals surface area contributed by atoms with Gasteiger partial charge in [-0.25, -0.2) is 0 Å². The summed E-state index contributed by atoms with van der Waals surface area (Å²) in [5.74, 6) is 1.65. The average Bonchev–Trinajstić information content (AvgIpc) is 2.94. The first-order valence-electron chi connectivity index (χ1n) is 5.97. The summed E-state index contributed by atoms with van der Waals surface area (Å²) in [5.41, 5.74) is 0. The maximum atomic E-state index is 3.61. The molecule has 0 amide bonds. The van der Waals surface area contributed by atoms with Crippen LogP contribution in [0.3, 0.4) is 0 Å². The Morgan fingerprint density at radius 1 is 1.29 bits per heavy atom. The van der Waals surface area contributed by atoms with Crippen molar-refractivity contribution >= 4 is 15.9 Å². The monoisotopic (exact) mass is 261 g/mol. The molecule has 1 aliphatic rings. The van der Waals surface area contributed by atoms with Gasteiger partial charge in [-0.3, -0.25) is 4.90 Å². The van der Waals surface area contributed by atoms with E-state index in [-0.39, 0.29) is 0 Å². The summed E-state index contributed by atoms with van der Waals surface area (Å²) < 4.78 is 0. The molecular formula is C12H24BrN. The summed E-state index contributed by atoms with van der Waals surface area (Å²) >= 11 is 3.61. The Labute approximate surface area is 97.4 Å². The zero-order valence-corrected chi connectivity index (χ0v) is 11.4. The molecule has 0 aromatic rings. The normalized spacial score (nSPS) is 19.3. The predicted molar refractivity (Wildman–Crippen MR) is 67.0 cm³/mol. The first-order chi connectivity index (χ1) is 6.67. The van der Waals surface area contributed by atoms with Crippen LogP contribution in [0, 0.1) is 11.8 Å². The molecule has 0 aliphatic heterocycles. The topological polar surface area (TPSA) is 3.24 Å². The minimum Gasteiger partial charge on any atom is -0.300 e. The SMILES string of the molecule is CCC(CBr)CN(CC(C)C)C1CC1. The number of alkyl halides is 1. The smallest absolute Gasteiger partial charge is 0.00966 e. The minimum atomic E-state index is 0.809. The van der Waals surface area contributed by atoms with Crippen LogP contribution in [0.4, 0.5) is 0 Å². The highest BCUT2D eigenvalue weighted by atomic mass is 79.9. The number of hydrogen-bond acceptors (Lipinski definition) is 1. The standard InChI is InChI=1S/C12H24BrN/c1-4-11(7-13)9-14(8-10(2)3)12-5-6-12/h10-12H,4-9H2,1-3H3. The van der Waals surface area contributed by atoms with Crippen molar-refractivity contribution in [2.24, 2.45) is 11.8 Å². The molecule has 0 heterocycles. The zero-order valence-electron chi connectivity index (χ0n) is 9.80. The van der Waals surface area contributed by atoms with E-state index in [0.717, 1.165) is 23.2 Å². The van der Waals surface area contributed by atoms with Crippen LogP contribution >= 0.6 is 15.9 Å². The lowest BCUT2D eigenvalue weighted by atomic mass is 10.1. The lowest BCUT2D eigenvalue weighted by molar-refractivity contribution is 0.204. The third-order valence-corrected chi connectivity index (χ3v) is 3.87. The lowest BCUT2D eigenvalue weighted by Gasteiger charge is -2.27. The molecule has 1 nitrogen and oxygen atoms in total. The lowest BCUT2D eigenvalue weighted by Crippen LogP contribution is -2.35. The van der Waals surface area contributed by atoms with Crippen LogP contribution in [-0.4, -0.2) is 29.4 Å². The van der Waals surface area contributed by atoms with Crippen LogP contribution in [-0.2, 0) is 0 Å². The van der Waals surface area contributed by atoms with Crippen LogP contribution in [0.1, 0.15) is 40.0 Å². The van der Waals surface area contributed by atoms with Gasteiger partial charge in [-0.2, -0.15) is 0 Å². The van der Waals surface area contributed by atoms with Crippen LogP contribution in [0.5, 0.6) is 0 Å². The van der Waals surface area contributed by atoms with E-state index in [9.17, 15) is 0 Å². The highest BCUT2D eigenvalue weighted by molar-refractivity contribution is 9.09. The van der Waals surface area contributed by atoms with Gasteiger partial charge < -0.3 is 0 Å². The predicted octanol–water partition coefficient (Wildman–Crippen LogP) is 3.53. The van der Waals surface area contributed by atoms with Crippen molar-refractivity contribution in [3.05, 3.63) is 0 Å². The van der Waals surface area contributed by atoms with Crippen LogP contribution in [0.25, 0.3) is 0 Å². The molecule has 14 heavy (non-hydrogen) atoms. The molecule has 0 saturated heterocycles. The Bertz CT molecular complexity index is 150. The molecule has 1 unspecified atom stereocenters. The summed E-state index contributed by atoms with van der Waals surface area (Å²) in [6.45, 7) is 9.53. The molecule has 0 aromatic carbocycles. The van der Waals surface area contributed by atoms with Crippen molar-refractivity contribution in [1.82, 2.24) is 4.90 Å². The molecular weight excluding hydrogens is 238 g/mol. The highest BCUT2D eigenvalue weighted by Gasteiger charge is 2.30. The second-order valence-corrected chi connectivity index (χ2v) is 5.65. The quantitative estimate of drug-likeness (QED) is 0.634. The van der Waals surface area contributed by atoms with Crippen molar-refractivity contribution in [1.29, 1.82) is 0 Å². The van der Waals surface area contributed by atoms with Gasteiger partial charge in [0.25, 0.3) is 0 Å². The second kappa shape index (κ2) is 6.12. The molecule has 1 aliphatic carbocycles. The van der Waals surface area contributed by atoms with E-state index in [4.69, 9.17) is 0 Å². The summed E-state index contributed by atoms with van der Waals surface area (Å²) in [6.07, 6.45) is 4.17.